The van der Waals surface area contributed by atoms with Crippen LogP contribution in [0.15, 0.2) is 30.9 Å². The molecule has 1 amide bonds. The predicted octanol–water partition coefficient (Wildman–Crippen LogP) is 4.00. The molecule has 1 aromatic carbocycles. The number of nitrogens with one attached hydrogen (secondary N) is 2. The van der Waals surface area contributed by atoms with Crippen LogP contribution in [0.3, 0.4) is 0 Å². The second-order valence-electron chi connectivity index (χ2n) is 8.13. The van der Waals surface area contributed by atoms with Gasteiger partial charge in [0.25, 0.3) is 0 Å². The SMILES string of the molecule is C1CC1.Cc1c(F)c(C2=CC(O)CC2)c2[nH]ncc2c1-c1cn2cc(NC=O)nc2cn1. The molecule has 1 unspecified atom stereocenters. The molecule has 2 aliphatic rings. The maximum atomic E-state index is 15.5. The molecule has 32 heavy (non-hydrogen) atoms. The van der Waals surface area contributed by atoms with E-state index in [9.17, 15) is 9.90 Å². The first-order valence-electron chi connectivity index (χ1n) is 10.7. The van der Waals surface area contributed by atoms with E-state index in [4.69, 9.17) is 0 Å². The zero-order valence-corrected chi connectivity index (χ0v) is 17.6. The first kappa shape index (κ1) is 20.3. The van der Waals surface area contributed by atoms with Gasteiger partial charge in [0.05, 0.1) is 35.9 Å². The summed E-state index contributed by atoms with van der Waals surface area (Å²) in [7, 11) is 0. The molecule has 1 atom stereocenters. The van der Waals surface area contributed by atoms with E-state index >= 15 is 4.39 Å². The minimum Gasteiger partial charge on any atom is -0.389 e. The van der Waals surface area contributed by atoms with Crippen molar-refractivity contribution in [2.24, 2.45) is 0 Å². The molecule has 0 saturated heterocycles. The number of hydrogen-bond acceptors (Lipinski definition) is 5. The number of aromatic nitrogens is 5. The number of imidazole rings is 1. The van der Waals surface area contributed by atoms with Gasteiger partial charge in [-0.05, 0) is 30.9 Å². The van der Waals surface area contributed by atoms with Crippen LogP contribution in [0, 0.1) is 12.7 Å². The van der Waals surface area contributed by atoms with Crippen LogP contribution in [0.5, 0.6) is 0 Å². The first-order valence-corrected chi connectivity index (χ1v) is 10.7. The molecule has 3 heterocycles. The van der Waals surface area contributed by atoms with Crippen LogP contribution in [0.1, 0.15) is 43.2 Å². The van der Waals surface area contributed by atoms with E-state index in [1.165, 1.54) is 19.3 Å². The lowest BCUT2D eigenvalue weighted by Crippen LogP contribution is -2.00. The smallest absolute Gasteiger partial charge is 0.212 e. The highest BCUT2D eigenvalue weighted by Gasteiger charge is 2.25. The number of rotatable bonds is 4. The molecular formula is C23H23FN6O2. The number of hydrogen-bond donors (Lipinski definition) is 3. The molecule has 8 nitrogen and oxygen atoms in total. The Labute approximate surface area is 183 Å². The molecule has 1 fully saturated rings. The molecule has 6 rings (SSSR count). The number of fused-ring (bicyclic) bond motifs is 2. The van der Waals surface area contributed by atoms with E-state index in [-0.39, 0.29) is 5.82 Å². The van der Waals surface area contributed by atoms with E-state index < -0.39 is 6.10 Å². The average Bonchev–Trinajstić information content (AvgIpc) is 3.33. The molecule has 1 saturated carbocycles. The Morgan fingerprint density at radius 3 is 2.75 bits per heavy atom. The van der Waals surface area contributed by atoms with Crippen LogP contribution >= 0.6 is 0 Å². The van der Waals surface area contributed by atoms with Crippen molar-refractivity contribution in [3.05, 3.63) is 47.8 Å². The number of carbonyl (C=O) groups excluding carboxylic acids is 1. The summed E-state index contributed by atoms with van der Waals surface area (Å²) in [6, 6.07) is 0. The van der Waals surface area contributed by atoms with Gasteiger partial charge in [-0.2, -0.15) is 5.10 Å². The maximum absolute atomic E-state index is 15.5. The number of amides is 1. The normalized spacial score (nSPS) is 17.2. The van der Waals surface area contributed by atoms with Gasteiger partial charge in [-0.1, -0.05) is 25.3 Å². The fraction of sp³-hybridized carbons (Fsp3) is 0.304. The predicted molar refractivity (Wildman–Crippen MR) is 120 cm³/mol. The summed E-state index contributed by atoms with van der Waals surface area (Å²) in [5.74, 6) is 0.0466. The topological polar surface area (TPSA) is 108 Å². The van der Waals surface area contributed by atoms with Crippen LogP contribution in [0.4, 0.5) is 10.2 Å². The number of nitrogens with zero attached hydrogens (tertiary/aromatic N) is 4. The minimum atomic E-state index is -0.554. The van der Waals surface area contributed by atoms with Crippen molar-refractivity contribution in [3.63, 3.8) is 0 Å². The molecule has 0 radical (unpaired) electrons. The van der Waals surface area contributed by atoms with Gasteiger partial charge in [0.2, 0.25) is 6.41 Å². The molecule has 0 spiro atoms. The Morgan fingerprint density at radius 1 is 1.25 bits per heavy atom. The fourth-order valence-electron chi connectivity index (χ4n) is 3.98. The van der Waals surface area contributed by atoms with Crippen LogP contribution in [-0.4, -0.2) is 42.2 Å². The number of halogens is 1. The Hall–Kier alpha value is -3.59. The lowest BCUT2D eigenvalue weighted by atomic mass is 9.93. The van der Waals surface area contributed by atoms with Crippen molar-refractivity contribution in [1.82, 2.24) is 24.6 Å². The second-order valence-corrected chi connectivity index (χ2v) is 8.13. The number of aliphatic hydroxyl groups is 1. The summed E-state index contributed by atoms with van der Waals surface area (Å²) in [6.45, 7) is 1.71. The molecular weight excluding hydrogens is 411 g/mol. The van der Waals surface area contributed by atoms with E-state index in [1.807, 2.05) is 0 Å². The molecule has 9 heteroatoms. The van der Waals surface area contributed by atoms with E-state index in [0.29, 0.717) is 58.6 Å². The standard InChI is InChI=1S/C20H17FN6O2.C3H6/c1-10-17(14-7-27-8-15(23-9-28)25-16(27)6-22-14)13-5-24-26-20(13)18(19(10)21)11-2-3-12(29)4-11;1-2-3-1/h4-9,12,29H,2-3H2,1H3,(H,23,28)(H,24,26);1-3H2. The Balaban J connectivity index is 0.000000666. The minimum absolute atomic E-state index is 0.354. The van der Waals surface area contributed by atoms with Crippen molar-refractivity contribution in [2.45, 2.75) is 45.1 Å². The molecule has 3 N–H and O–H groups in total. The molecule has 0 aliphatic heterocycles. The number of anilines is 1. The van der Waals surface area contributed by atoms with Gasteiger partial charge >= 0.3 is 0 Å². The highest BCUT2D eigenvalue weighted by atomic mass is 19.1. The lowest BCUT2D eigenvalue weighted by molar-refractivity contribution is -0.105. The largest absolute Gasteiger partial charge is 0.389 e. The second kappa shape index (κ2) is 8.16. The van der Waals surface area contributed by atoms with Crippen LogP contribution in [-0.2, 0) is 4.79 Å². The lowest BCUT2D eigenvalue weighted by Gasteiger charge is -2.14. The molecule has 164 valence electrons. The van der Waals surface area contributed by atoms with E-state index in [2.05, 4.69) is 25.5 Å². The molecule has 2 aliphatic carbocycles. The Kier molecular flexibility index (Phi) is 5.18. The quantitative estimate of drug-likeness (QED) is 0.421. The maximum Gasteiger partial charge on any atom is 0.212 e. The first-order chi connectivity index (χ1) is 15.6. The Bertz CT molecular complexity index is 1350. The van der Waals surface area contributed by atoms with Gasteiger partial charge in [-0.15, -0.1) is 0 Å². The summed E-state index contributed by atoms with van der Waals surface area (Å²) in [5, 5.41) is 20.1. The van der Waals surface area contributed by atoms with Crippen molar-refractivity contribution >= 4 is 34.4 Å². The number of aliphatic hydroxyl groups excluding tert-OH is 1. The van der Waals surface area contributed by atoms with Gasteiger partial charge in [0.1, 0.15) is 5.82 Å². The number of benzene rings is 1. The third-order valence-corrected chi connectivity index (χ3v) is 5.66. The zero-order chi connectivity index (χ0) is 22.2. The van der Waals surface area contributed by atoms with Crippen LogP contribution in [0.2, 0.25) is 0 Å². The third kappa shape index (κ3) is 3.64. The highest BCUT2D eigenvalue weighted by Crippen LogP contribution is 2.40. The summed E-state index contributed by atoms with van der Waals surface area (Å²) >= 11 is 0. The van der Waals surface area contributed by atoms with E-state index in [0.717, 1.165) is 11.0 Å². The molecule has 3 aromatic heterocycles. The van der Waals surface area contributed by atoms with Gasteiger partial charge in [-0.3, -0.25) is 14.9 Å². The van der Waals surface area contributed by atoms with Crippen molar-refractivity contribution in [3.8, 4) is 11.3 Å². The number of aromatic amines is 1. The summed E-state index contributed by atoms with van der Waals surface area (Å²) in [6.07, 6.45) is 14.0. The van der Waals surface area contributed by atoms with Crippen molar-refractivity contribution in [2.75, 3.05) is 5.32 Å². The van der Waals surface area contributed by atoms with Crippen LogP contribution < -0.4 is 5.32 Å². The van der Waals surface area contributed by atoms with Gasteiger partial charge < -0.3 is 14.8 Å². The zero-order valence-electron chi connectivity index (χ0n) is 17.6. The highest BCUT2D eigenvalue weighted by molar-refractivity contribution is 6.01. The molecule has 0 bridgehead atoms. The van der Waals surface area contributed by atoms with Gasteiger partial charge in [0.15, 0.2) is 11.5 Å². The Morgan fingerprint density at radius 2 is 2.06 bits per heavy atom. The number of carbonyl (C=O) groups is 1. The average molecular weight is 434 g/mol. The summed E-state index contributed by atoms with van der Waals surface area (Å²) < 4.78 is 17.2. The van der Waals surface area contributed by atoms with Crippen molar-refractivity contribution < 1.29 is 14.3 Å². The van der Waals surface area contributed by atoms with Gasteiger partial charge in [-0.25, -0.2) is 9.37 Å². The fourth-order valence-corrected chi connectivity index (χ4v) is 3.98. The van der Waals surface area contributed by atoms with Crippen LogP contribution in [0.25, 0.3) is 33.4 Å². The van der Waals surface area contributed by atoms with Crippen molar-refractivity contribution in [1.29, 1.82) is 0 Å². The summed E-state index contributed by atoms with van der Waals surface area (Å²) in [5.41, 5.74) is 4.02. The monoisotopic (exact) mass is 434 g/mol. The summed E-state index contributed by atoms with van der Waals surface area (Å²) in [4.78, 5) is 19.3. The molecule has 4 aromatic rings. The third-order valence-electron chi connectivity index (χ3n) is 5.66. The van der Waals surface area contributed by atoms with E-state index in [1.54, 1.807) is 42.2 Å². The van der Waals surface area contributed by atoms with Gasteiger partial charge in [0, 0.05) is 22.7 Å². The number of H-pyrrole nitrogens is 1. The number of allylic oxidation sites excluding steroid dienone is 1.